The first-order valence-electron chi connectivity index (χ1n) is 3.68. The van der Waals surface area contributed by atoms with Gasteiger partial charge in [-0.1, -0.05) is 17.7 Å². The quantitative estimate of drug-likeness (QED) is 0.380. The molecule has 0 aliphatic heterocycles. The van der Waals surface area contributed by atoms with Gasteiger partial charge in [0.15, 0.2) is 0 Å². The normalized spacial score (nSPS) is 9.92. The molecule has 0 unspecified atom stereocenters. The maximum Gasteiger partial charge on any atom is 0.0780 e. The van der Waals surface area contributed by atoms with E-state index < -0.39 is 0 Å². The molecule has 0 heterocycles. The Labute approximate surface area is 76.9 Å². The van der Waals surface area contributed by atoms with Crippen LogP contribution in [-0.2, 0) is 0 Å². The van der Waals surface area contributed by atoms with E-state index in [0.717, 1.165) is 16.3 Å². The molecule has 0 saturated heterocycles. The van der Waals surface area contributed by atoms with Crippen LogP contribution >= 0.6 is 11.6 Å². The smallest absolute Gasteiger partial charge is 0.0780 e. The molecule has 0 bridgehead atoms. The van der Waals surface area contributed by atoms with Crippen LogP contribution in [0.15, 0.2) is 18.2 Å². The Kier molecular flexibility index (Phi) is 3.34. The highest BCUT2D eigenvalue weighted by Gasteiger charge is 1.99. The number of hydrazine groups is 1. The lowest BCUT2D eigenvalue weighted by atomic mass is 10.2. The average molecular weight is 186 g/mol. The third-order valence-electron chi connectivity index (χ3n) is 1.65. The summed E-state index contributed by atoms with van der Waals surface area (Å²) in [6.07, 6.45) is 0. The molecule has 0 fully saturated rings. The molecule has 0 spiro atoms. The number of hydrogen-bond acceptors (Lipinski definition) is 3. The third kappa shape index (κ3) is 2.11. The second-order valence-corrected chi connectivity index (χ2v) is 2.88. The number of nitrogens with one attached hydrogen (secondary N) is 2. The fourth-order valence-corrected chi connectivity index (χ4v) is 1.12. The molecule has 66 valence electrons. The molecule has 1 aromatic rings. The highest BCUT2D eigenvalue weighted by molar-refractivity contribution is 6.31. The van der Waals surface area contributed by atoms with Gasteiger partial charge in [-0.3, -0.25) is 5.84 Å². The summed E-state index contributed by atoms with van der Waals surface area (Å²) in [6, 6.07) is 5.71. The number of halogens is 1. The molecule has 4 N–H and O–H groups in total. The zero-order chi connectivity index (χ0) is 8.97. The van der Waals surface area contributed by atoms with Crippen molar-refractivity contribution >= 4 is 17.3 Å². The second-order valence-electron chi connectivity index (χ2n) is 2.47. The Hall–Kier alpha value is -0.770. The van der Waals surface area contributed by atoms with E-state index in [1.165, 1.54) is 0 Å². The molecule has 0 aliphatic carbocycles. The largest absolute Gasteiger partial charge is 0.371 e. The fraction of sp³-hybridized carbons (Fsp3) is 0.250. The number of nitrogens with two attached hydrogens (primary N) is 1. The van der Waals surface area contributed by atoms with E-state index in [1.54, 1.807) is 0 Å². The topological polar surface area (TPSA) is 50.1 Å². The van der Waals surface area contributed by atoms with Crippen LogP contribution < -0.4 is 16.6 Å². The van der Waals surface area contributed by atoms with Crippen LogP contribution in [0, 0.1) is 6.92 Å². The zero-order valence-electron chi connectivity index (χ0n) is 6.89. The Morgan fingerprint density at radius 3 is 2.92 bits per heavy atom. The summed E-state index contributed by atoms with van der Waals surface area (Å²) in [5, 5.41) is 3.84. The molecule has 0 aromatic heterocycles. The third-order valence-corrected chi connectivity index (χ3v) is 2.06. The predicted molar refractivity (Wildman–Crippen MR) is 52.0 cm³/mol. The summed E-state index contributed by atoms with van der Waals surface area (Å²) in [7, 11) is 0. The highest BCUT2D eigenvalue weighted by Crippen LogP contribution is 2.22. The Bertz CT molecular complexity index is 262. The van der Waals surface area contributed by atoms with Crippen molar-refractivity contribution in [3.63, 3.8) is 0 Å². The van der Waals surface area contributed by atoms with Crippen molar-refractivity contribution in [2.45, 2.75) is 6.92 Å². The second kappa shape index (κ2) is 4.30. The van der Waals surface area contributed by atoms with Crippen molar-refractivity contribution in [3.8, 4) is 0 Å². The maximum atomic E-state index is 5.90. The van der Waals surface area contributed by atoms with Gasteiger partial charge in [0.05, 0.1) is 6.67 Å². The Morgan fingerprint density at radius 2 is 2.25 bits per heavy atom. The van der Waals surface area contributed by atoms with E-state index in [1.807, 2.05) is 25.1 Å². The summed E-state index contributed by atoms with van der Waals surface area (Å²) in [5.41, 5.74) is 4.55. The minimum absolute atomic E-state index is 0.529. The lowest BCUT2D eigenvalue weighted by Crippen LogP contribution is -2.28. The molecule has 1 aromatic carbocycles. The minimum atomic E-state index is 0.529. The molecule has 0 aliphatic rings. The van der Waals surface area contributed by atoms with E-state index in [-0.39, 0.29) is 0 Å². The average Bonchev–Trinajstić information content (AvgIpc) is 2.08. The first-order chi connectivity index (χ1) is 5.75. The van der Waals surface area contributed by atoms with E-state index in [4.69, 9.17) is 17.4 Å². The Morgan fingerprint density at radius 1 is 1.50 bits per heavy atom. The summed E-state index contributed by atoms with van der Waals surface area (Å²) in [4.78, 5) is 0. The van der Waals surface area contributed by atoms with E-state index in [0.29, 0.717) is 6.67 Å². The number of hydrogen-bond donors (Lipinski definition) is 3. The number of rotatable bonds is 3. The van der Waals surface area contributed by atoms with Crippen molar-refractivity contribution in [1.29, 1.82) is 0 Å². The van der Waals surface area contributed by atoms with Gasteiger partial charge >= 0.3 is 0 Å². The molecule has 0 atom stereocenters. The van der Waals surface area contributed by atoms with E-state index in [9.17, 15) is 0 Å². The van der Waals surface area contributed by atoms with Crippen LogP contribution in [0.2, 0.25) is 5.02 Å². The fourth-order valence-electron chi connectivity index (χ4n) is 0.945. The molecule has 1 rings (SSSR count). The molecule has 0 amide bonds. The SMILES string of the molecule is Cc1c(Cl)cccc1NCNN. The van der Waals surface area contributed by atoms with Crippen molar-refractivity contribution in [2.24, 2.45) is 5.84 Å². The monoisotopic (exact) mass is 185 g/mol. The van der Waals surface area contributed by atoms with Gasteiger partial charge in [-0.25, -0.2) is 5.43 Å². The van der Waals surface area contributed by atoms with Crippen LogP contribution in [0.3, 0.4) is 0 Å². The molecule has 4 heteroatoms. The number of anilines is 1. The van der Waals surface area contributed by atoms with Gasteiger partial charge in [0.25, 0.3) is 0 Å². The molecule has 12 heavy (non-hydrogen) atoms. The summed E-state index contributed by atoms with van der Waals surface area (Å²) in [6.45, 7) is 2.49. The van der Waals surface area contributed by atoms with Gasteiger partial charge in [0.1, 0.15) is 0 Å². The van der Waals surface area contributed by atoms with Gasteiger partial charge in [-0.2, -0.15) is 0 Å². The van der Waals surface area contributed by atoms with Crippen LogP contribution in [0.1, 0.15) is 5.56 Å². The van der Waals surface area contributed by atoms with Gasteiger partial charge < -0.3 is 5.32 Å². The van der Waals surface area contributed by atoms with Crippen LogP contribution in [-0.4, -0.2) is 6.67 Å². The van der Waals surface area contributed by atoms with Crippen molar-refractivity contribution in [3.05, 3.63) is 28.8 Å². The maximum absolute atomic E-state index is 5.90. The van der Waals surface area contributed by atoms with Crippen LogP contribution in [0.5, 0.6) is 0 Å². The standard InChI is InChI=1S/C8H12ClN3/c1-6-7(9)3-2-4-8(6)11-5-12-10/h2-4,11-12H,5,10H2,1H3. The van der Waals surface area contributed by atoms with Crippen LogP contribution in [0.4, 0.5) is 5.69 Å². The molecule has 0 saturated carbocycles. The summed E-state index contributed by atoms with van der Waals surface area (Å²) in [5.74, 6) is 5.12. The molecule has 3 nitrogen and oxygen atoms in total. The van der Waals surface area contributed by atoms with Gasteiger partial charge in [-0.15, -0.1) is 0 Å². The predicted octanol–water partition coefficient (Wildman–Crippen LogP) is 1.48. The molecule has 0 radical (unpaired) electrons. The van der Waals surface area contributed by atoms with Crippen molar-refractivity contribution < 1.29 is 0 Å². The van der Waals surface area contributed by atoms with Gasteiger partial charge in [0, 0.05) is 10.7 Å². The Balaban J connectivity index is 2.78. The molecular formula is C8H12ClN3. The van der Waals surface area contributed by atoms with Crippen molar-refractivity contribution in [1.82, 2.24) is 5.43 Å². The zero-order valence-corrected chi connectivity index (χ0v) is 7.65. The number of benzene rings is 1. The van der Waals surface area contributed by atoms with Crippen molar-refractivity contribution in [2.75, 3.05) is 12.0 Å². The van der Waals surface area contributed by atoms with E-state index in [2.05, 4.69) is 10.7 Å². The van der Waals surface area contributed by atoms with Gasteiger partial charge in [-0.05, 0) is 24.6 Å². The highest BCUT2D eigenvalue weighted by atomic mass is 35.5. The molecular weight excluding hydrogens is 174 g/mol. The first kappa shape index (κ1) is 9.32. The van der Waals surface area contributed by atoms with Crippen LogP contribution in [0.25, 0.3) is 0 Å². The lowest BCUT2D eigenvalue weighted by molar-refractivity contribution is 0.789. The van der Waals surface area contributed by atoms with E-state index >= 15 is 0 Å². The summed E-state index contributed by atoms with van der Waals surface area (Å²) >= 11 is 5.90. The lowest BCUT2D eigenvalue weighted by Gasteiger charge is -2.09. The summed E-state index contributed by atoms with van der Waals surface area (Å²) < 4.78 is 0. The minimum Gasteiger partial charge on any atom is -0.371 e. The first-order valence-corrected chi connectivity index (χ1v) is 4.06. The van der Waals surface area contributed by atoms with Gasteiger partial charge in [0.2, 0.25) is 0 Å².